The number of nitriles is 1. The largest absolute Gasteiger partial charge is 0.399 e. The molecule has 0 aliphatic heterocycles. The lowest BCUT2D eigenvalue weighted by atomic mass is 10.1. The zero-order valence-corrected chi connectivity index (χ0v) is 10.8. The van der Waals surface area contributed by atoms with E-state index >= 15 is 0 Å². The Morgan fingerprint density at radius 3 is 2.44 bits per heavy atom. The summed E-state index contributed by atoms with van der Waals surface area (Å²) in [4.78, 5) is 0. The first-order valence-corrected chi connectivity index (χ1v) is 5.87. The van der Waals surface area contributed by atoms with Crippen LogP contribution in [0.3, 0.4) is 0 Å². The van der Waals surface area contributed by atoms with Gasteiger partial charge in [-0.05, 0) is 36.4 Å². The van der Waals surface area contributed by atoms with Crippen molar-refractivity contribution < 1.29 is 0 Å². The maximum atomic E-state index is 9.03. The Kier molecular flexibility index (Phi) is 3.61. The highest BCUT2D eigenvalue weighted by atomic mass is 35.5. The molecule has 2 aromatic carbocycles. The monoisotopic (exact) mass is 277 g/mol. The van der Waals surface area contributed by atoms with Gasteiger partial charge >= 0.3 is 0 Å². The number of nitrogens with one attached hydrogen (secondary N) is 1. The number of nitrogens with two attached hydrogens (primary N) is 1. The van der Waals surface area contributed by atoms with Crippen LogP contribution in [-0.4, -0.2) is 0 Å². The molecule has 0 saturated heterocycles. The SMILES string of the molecule is N#Cc1cc(N)ccc1Nc1ccc(Cl)cc1Cl. The third kappa shape index (κ3) is 2.67. The maximum absolute atomic E-state index is 9.03. The minimum atomic E-state index is 0.459. The van der Waals surface area contributed by atoms with Gasteiger partial charge in [-0.2, -0.15) is 5.26 Å². The quantitative estimate of drug-likeness (QED) is 0.809. The van der Waals surface area contributed by atoms with Gasteiger partial charge in [-0.15, -0.1) is 0 Å². The summed E-state index contributed by atoms with van der Waals surface area (Å²) >= 11 is 11.9. The number of benzene rings is 2. The molecule has 3 N–H and O–H groups in total. The van der Waals surface area contributed by atoms with Gasteiger partial charge in [0.05, 0.1) is 22.0 Å². The summed E-state index contributed by atoms with van der Waals surface area (Å²) in [5.41, 5.74) is 7.96. The van der Waals surface area contributed by atoms with Crippen LogP contribution in [0, 0.1) is 11.3 Å². The van der Waals surface area contributed by atoms with Crippen LogP contribution in [0.5, 0.6) is 0 Å². The number of rotatable bonds is 2. The van der Waals surface area contributed by atoms with Crippen LogP contribution < -0.4 is 11.1 Å². The van der Waals surface area contributed by atoms with Crippen molar-refractivity contribution in [3.8, 4) is 6.07 Å². The molecule has 0 aliphatic carbocycles. The van der Waals surface area contributed by atoms with Crippen molar-refractivity contribution in [2.24, 2.45) is 0 Å². The summed E-state index contributed by atoms with van der Waals surface area (Å²) in [7, 11) is 0. The molecule has 0 atom stereocenters. The zero-order chi connectivity index (χ0) is 13.1. The Bertz CT molecular complexity index is 633. The Balaban J connectivity index is 2.37. The van der Waals surface area contributed by atoms with E-state index in [0.717, 1.165) is 0 Å². The Labute approximate surface area is 115 Å². The third-order valence-corrected chi connectivity index (χ3v) is 2.91. The lowest BCUT2D eigenvalue weighted by Gasteiger charge is -2.10. The van der Waals surface area contributed by atoms with Gasteiger partial charge in [0.1, 0.15) is 6.07 Å². The van der Waals surface area contributed by atoms with Crippen molar-refractivity contribution in [2.75, 3.05) is 11.1 Å². The highest BCUT2D eigenvalue weighted by Gasteiger charge is 2.06. The Hall–Kier alpha value is -1.89. The molecule has 0 saturated carbocycles. The van der Waals surface area contributed by atoms with Crippen molar-refractivity contribution in [3.63, 3.8) is 0 Å². The van der Waals surface area contributed by atoms with Gasteiger partial charge in [0, 0.05) is 10.7 Å². The van der Waals surface area contributed by atoms with Crippen LogP contribution in [0.2, 0.25) is 10.0 Å². The number of hydrogen-bond acceptors (Lipinski definition) is 3. The van der Waals surface area contributed by atoms with Gasteiger partial charge in [-0.25, -0.2) is 0 Å². The van der Waals surface area contributed by atoms with E-state index in [4.69, 9.17) is 34.2 Å². The molecule has 0 aromatic heterocycles. The van der Waals surface area contributed by atoms with E-state index in [0.29, 0.717) is 32.7 Å². The number of anilines is 3. The topological polar surface area (TPSA) is 61.8 Å². The summed E-state index contributed by atoms with van der Waals surface area (Å²) in [5.74, 6) is 0. The molecule has 90 valence electrons. The number of hydrogen-bond donors (Lipinski definition) is 2. The van der Waals surface area contributed by atoms with Gasteiger partial charge in [-0.1, -0.05) is 23.2 Å². The van der Waals surface area contributed by atoms with Gasteiger partial charge in [0.15, 0.2) is 0 Å². The number of nitrogen functional groups attached to an aromatic ring is 1. The second-order valence-corrected chi connectivity index (χ2v) is 4.51. The fourth-order valence-corrected chi connectivity index (χ4v) is 1.96. The van der Waals surface area contributed by atoms with Crippen LogP contribution in [0.1, 0.15) is 5.56 Å². The second-order valence-electron chi connectivity index (χ2n) is 3.67. The molecule has 18 heavy (non-hydrogen) atoms. The van der Waals surface area contributed by atoms with Crippen molar-refractivity contribution in [3.05, 3.63) is 52.0 Å². The summed E-state index contributed by atoms with van der Waals surface area (Å²) < 4.78 is 0. The molecule has 0 fully saturated rings. The highest BCUT2D eigenvalue weighted by Crippen LogP contribution is 2.30. The lowest BCUT2D eigenvalue weighted by molar-refractivity contribution is 1.46. The first-order chi connectivity index (χ1) is 8.60. The zero-order valence-electron chi connectivity index (χ0n) is 9.24. The lowest BCUT2D eigenvalue weighted by Crippen LogP contribution is -1.96. The van der Waals surface area contributed by atoms with E-state index in [1.165, 1.54) is 0 Å². The van der Waals surface area contributed by atoms with Crippen molar-refractivity contribution in [2.45, 2.75) is 0 Å². The molecule has 0 spiro atoms. The molecular weight excluding hydrogens is 269 g/mol. The Morgan fingerprint density at radius 2 is 1.78 bits per heavy atom. The van der Waals surface area contributed by atoms with Crippen LogP contribution in [0.15, 0.2) is 36.4 Å². The maximum Gasteiger partial charge on any atom is 0.101 e. The van der Waals surface area contributed by atoms with Crippen LogP contribution >= 0.6 is 23.2 Å². The standard InChI is InChI=1S/C13H9Cl2N3/c14-9-1-3-13(11(15)6-9)18-12-4-2-10(17)5-8(12)7-16/h1-6,18H,17H2. The second kappa shape index (κ2) is 5.18. The van der Waals surface area contributed by atoms with Gasteiger partial charge in [0.2, 0.25) is 0 Å². The van der Waals surface area contributed by atoms with E-state index in [-0.39, 0.29) is 0 Å². The third-order valence-electron chi connectivity index (χ3n) is 2.36. The van der Waals surface area contributed by atoms with Crippen LogP contribution in [0.25, 0.3) is 0 Å². The van der Waals surface area contributed by atoms with Crippen LogP contribution in [0.4, 0.5) is 17.1 Å². The molecule has 0 aliphatic rings. The number of halogens is 2. The minimum absolute atomic E-state index is 0.459. The summed E-state index contributed by atoms with van der Waals surface area (Å²) in [5, 5.41) is 13.2. The fraction of sp³-hybridized carbons (Fsp3) is 0. The smallest absolute Gasteiger partial charge is 0.101 e. The van der Waals surface area contributed by atoms with E-state index in [9.17, 15) is 0 Å². The first kappa shape index (κ1) is 12.6. The molecule has 2 aromatic rings. The normalized spacial score (nSPS) is 9.83. The van der Waals surface area contributed by atoms with Gasteiger partial charge in [0.25, 0.3) is 0 Å². The minimum Gasteiger partial charge on any atom is -0.399 e. The first-order valence-electron chi connectivity index (χ1n) is 5.12. The average Bonchev–Trinajstić information content (AvgIpc) is 2.34. The van der Waals surface area contributed by atoms with Gasteiger partial charge < -0.3 is 11.1 Å². The van der Waals surface area contributed by atoms with Crippen molar-refractivity contribution in [1.29, 1.82) is 5.26 Å². The summed E-state index contributed by atoms with van der Waals surface area (Å²) in [6.07, 6.45) is 0. The predicted octanol–water partition coefficient (Wildman–Crippen LogP) is 4.19. The molecule has 0 radical (unpaired) electrons. The Morgan fingerprint density at radius 1 is 1.06 bits per heavy atom. The molecule has 5 heteroatoms. The summed E-state index contributed by atoms with van der Waals surface area (Å²) in [6, 6.07) is 12.2. The van der Waals surface area contributed by atoms with Crippen LogP contribution in [-0.2, 0) is 0 Å². The predicted molar refractivity (Wildman–Crippen MR) is 75.3 cm³/mol. The number of nitrogens with zero attached hydrogens (tertiary/aromatic N) is 1. The molecule has 0 amide bonds. The summed E-state index contributed by atoms with van der Waals surface area (Å²) in [6.45, 7) is 0. The molecule has 3 nitrogen and oxygen atoms in total. The van der Waals surface area contributed by atoms with Gasteiger partial charge in [-0.3, -0.25) is 0 Å². The van der Waals surface area contributed by atoms with Crippen molar-refractivity contribution in [1.82, 2.24) is 0 Å². The van der Waals surface area contributed by atoms with E-state index < -0.39 is 0 Å². The molecule has 0 heterocycles. The van der Waals surface area contributed by atoms with E-state index in [1.54, 1.807) is 36.4 Å². The average molecular weight is 278 g/mol. The highest BCUT2D eigenvalue weighted by molar-refractivity contribution is 6.36. The van der Waals surface area contributed by atoms with E-state index in [1.807, 2.05) is 0 Å². The molecule has 2 rings (SSSR count). The molecule has 0 unspecified atom stereocenters. The van der Waals surface area contributed by atoms with E-state index in [2.05, 4.69) is 11.4 Å². The fourth-order valence-electron chi connectivity index (χ4n) is 1.50. The molecule has 0 bridgehead atoms. The molecular formula is C13H9Cl2N3. The van der Waals surface area contributed by atoms with Crippen molar-refractivity contribution >= 4 is 40.3 Å².